The van der Waals surface area contributed by atoms with E-state index in [0.717, 1.165) is 31.6 Å². The molecule has 1 N–H and O–H groups in total. The fourth-order valence-corrected chi connectivity index (χ4v) is 2.80. The summed E-state index contributed by atoms with van der Waals surface area (Å²) < 4.78 is 0. The SMILES string of the molecule is CC(Nc1ccc(C#N)c(Cl)c1)C(=O)N1CCCCCC1. The van der Waals surface area contributed by atoms with Gasteiger partial charge in [-0.3, -0.25) is 4.79 Å². The number of hydrogen-bond acceptors (Lipinski definition) is 3. The van der Waals surface area contributed by atoms with E-state index in [2.05, 4.69) is 5.32 Å². The summed E-state index contributed by atoms with van der Waals surface area (Å²) in [5, 5.41) is 12.4. The molecule has 0 aromatic heterocycles. The van der Waals surface area contributed by atoms with Crippen LogP contribution in [0.15, 0.2) is 18.2 Å². The first-order chi connectivity index (χ1) is 10.1. The minimum absolute atomic E-state index is 0.123. The predicted molar refractivity (Wildman–Crippen MR) is 84.3 cm³/mol. The van der Waals surface area contributed by atoms with Crippen LogP contribution in [0.2, 0.25) is 5.02 Å². The van der Waals surface area contributed by atoms with Gasteiger partial charge in [0, 0.05) is 18.8 Å². The molecular formula is C16H20ClN3O. The number of nitrogens with one attached hydrogen (secondary N) is 1. The van der Waals surface area contributed by atoms with Gasteiger partial charge >= 0.3 is 0 Å². The fraction of sp³-hybridized carbons (Fsp3) is 0.500. The van der Waals surface area contributed by atoms with Crippen LogP contribution in [0.1, 0.15) is 38.2 Å². The molecule has 4 nitrogen and oxygen atoms in total. The lowest BCUT2D eigenvalue weighted by Gasteiger charge is -2.25. The van der Waals surface area contributed by atoms with E-state index in [1.54, 1.807) is 18.2 Å². The topological polar surface area (TPSA) is 56.1 Å². The molecule has 1 aromatic carbocycles. The summed E-state index contributed by atoms with van der Waals surface area (Å²) in [6.45, 7) is 3.55. The number of rotatable bonds is 3. The van der Waals surface area contributed by atoms with E-state index in [-0.39, 0.29) is 11.9 Å². The third kappa shape index (κ3) is 4.12. The van der Waals surface area contributed by atoms with Gasteiger partial charge in [0.2, 0.25) is 5.91 Å². The monoisotopic (exact) mass is 305 g/mol. The highest BCUT2D eigenvalue weighted by molar-refractivity contribution is 6.32. The molecule has 1 saturated heterocycles. The zero-order chi connectivity index (χ0) is 15.2. The van der Waals surface area contributed by atoms with E-state index in [4.69, 9.17) is 16.9 Å². The van der Waals surface area contributed by atoms with Crippen molar-refractivity contribution in [2.75, 3.05) is 18.4 Å². The van der Waals surface area contributed by atoms with E-state index < -0.39 is 0 Å². The normalized spacial score (nSPS) is 16.7. The van der Waals surface area contributed by atoms with Gasteiger partial charge in [-0.05, 0) is 38.0 Å². The van der Waals surface area contributed by atoms with Crippen LogP contribution in [0, 0.1) is 11.3 Å². The van der Waals surface area contributed by atoms with Crippen molar-refractivity contribution >= 4 is 23.2 Å². The standard InChI is InChI=1S/C16H20ClN3O/c1-12(16(21)20-8-4-2-3-5-9-20)19-14-7-6-13(11-18)15(17)10-14/h6-7,10,12,19H,2-5,8-9H2,1H3. The molecule has 1 atom stereocenters. The van der Waals surface area contributed by atoms with Gasteiger partial charge in [0.1, 0.15) is 12.1 Å². The van der Waals surface area contributed by atoms with E-state index in [9.17, 15) is 4.79 Å². The van der Waals surface area contributed by atoms with Gasteiger partial charge in [-0.1, -0.05) is 24.4 Å². The van der Waals surface area contributed by atoms with Crippen LogP contribution < -0.4 is 5.32 Å². The molecule has 1 aromatic rings. The Morgan fingerprint density at radius 3 is 2.57 bits per heavy atom. The molecule has 21 heavy (non-hydrogen) atoms. The summed E-state index contributed by atoms with van der Waals surface area (Å²) in [6.07, 6.45) is 4.58. The Hall–Kier alpha value is -1.73. The summed E-state index contributed by atoms with van der Waals surface area (Å²) in [5.74, 6) is 0.123. The Balaban J connectivity index is 2.00. The van der Waals surface area contributed by atoms with Gasteiger partial charge in [0.05, 0.1) is 10.6 Å². The Morgan fingerprint density at radius 2 is 2.00 bits per heavy atom. The number of nitriles is 1. The van der Waals surface area contributed by atoms with Crippen LogP contribution in [-0.2, 0) is 4.79 Å². The first-order valence-electron chi connectivity index (χ1n) is 7.37. The van der Waals surface area contributed by atoms with E-state index in [1.165, 1.54) is 12.8 Å². The largest absolute Gasteiger partial charge is 0.374 e. The second kappa shape index (κ2) is 7.33. The van der Waals surface area contributed by atoms with E-state index in [1.807, 2.05) is 17.9 Å². The van der Waals surface area contributed by atoms with Crippen molar-refractivity contribution in [2.24, 2.45) is 0 Å². The summed E-state index contributed by atoms with van der Waals surface area (Å²) in [7, 11) is 0. The quantitative estimate of drug-likeness (QED) is 0.931. The van der Waals surface area contributed by atoms with Crippen molar-refractivity contribution in [3.8, 4) is 6.07 Å². The van der Waals surface area contributed by atoms with Crippen molar-refractivity contribution in [3.63, 3.8) is 0 Å². The highest BCUT2D eigenvalue weighted by Gasteiger charge is 2.21. The average Bonchev–Trinajstić information content (AvgIpc) is 2.75. The summed E-state index contributed by atoms with van der Waals surface area (Å²) in [6, 6.07) is 6.85. The first kappa shape index (κ1) is 15.7. The Labute approximate surface area is 130 Å². The molecule has 1 fully saturated rings. The van der Waals surface area contributed by atoms with Gasteiger partial charge in [-0.15, -0.1) is 0 Å². The number of halogens is 1. The molecule has 1 unspecified atom stereocenters. The molecule has 0 radical (unpaired) electrons. The number of benzene rings is 1. The lowest BCUT2D eigenvalue weighted by molar-refractivity contribution is -0.131. The van der Waals surface area contributed by atoms with Crippen molar-refractivity contribution < 1.29 is 4.79 Å². The molecule has 1 amide bonds. The van der Waals surface area contributed by atoms with Gasteiger partial charge in [-0.2, -0.15) is 5.26 Å². The molecule has 0 saturated carbocycles. The molecule has 0 aliphatic carbocycles. The fourth-order valence-electron chi connectivity index (χ4n) is 2.57. The lowest BCUT2D eigenvalue weighted by Crippen LogP contribution is -2.41. The molecule has 1 heterocycles. The van der Waals surface area contributed by atoms with Crippen LogP contribution in [0.3, 0.4) is 0 Å². The maximum absolute atomic E-state index is 12.4. The minimum atomic E-state index is -0.299. The summed E-state index contributed by atoms with van der Waals surface area (Å²) in [4.78, 5) is 14.4. The first-order valence-corrected chi connectivity index (χ1v) is 7.74. The Bertz CT molecular complexity index is 545. The lowest BCUT2D eigenvalue weighted by atomic mass is 10.2. The average molecular weight is 306 g/mol. The number of carbonyl (C=O) groups excluding carboxylic acids is 1. The van der Waals surface area contributed by atoms with Gasteiger partial charge in [-0.25, -0.2) is 0 Å². The second-order valence-corrected chi connectivity index (χ2v) is 5.82. The van der Waals surface area contributed by atoms with Crippen LogP contribution in [0.4, 0.5) is 5.69 Å². The van der Waals surface area contributed by atoms with Crippen LogP contribution >= 0.6 is 11.6 Å². The van der Waals surface area contributed by atoms with Crippen LogP contribution in [-0.4, -0.2) is 29.9 Å². The maximum atomic E-state index is 12.4. The zero-order valence-corrected chi connectivity index (χ0v) is 13.0. The Kier molecular flexibility index (Phi) is 5.46. The summed E-state index contributed by atoms with van der Waals surface area (Å²) in [5.41, 5.74) is 1.20. The molecule has 112 valence electrons. The summed E-state index contributed by atoms with van der Waals surface area (Å²) >= 11 is 6.00. The third-order valence-electron chi connectivity index (χ3n) is 3.76. The van der Waals surface area contributed by atoms with Crippen molar-refractivity contribution in [2.45, 2.75) is 38.6 Å². The van der Waals surface area contributed by atoms with Gasteiger partial charge in [0.15, 0.2) is 0 Å². The van der Waals surface area contributed by atoms with E-state index in [0.29, 0.717) is 10.6 Å². The zero-order valence-electron chi connectivity index (χ0n) is 12.2. The van der Waals surface area contributed by atoms with Crippen molar-refractivity contribution in [3.05, 3.63) is 28.8 Å². The number of carbonyl (C=O) groups is 1. The Morgan fingerprint density at radius 1 is 1.33 bits per heavy atom. The van der Waals surface area contributed by atoms with Crippen LogP contribution in [0.5, 0.6) is 0 Å². The number of hydrogen-bond donors (Lipinski definition) is 1. The molecule has 1 aliphatic rings. The molecule has 2 rings (SSSR count). The number of anilines is 1. The van der Waals surface area contributed by atoms with Crippen molar-refractivity contribution in [1.82, 2.24) is 4.90 Å². The molecular weight excluding hydrogens is 286 g/mol. The number of nitrogens with zero attached hydrogens (tertiary/aromatic N) is 2. The molecule has 0 bridgehead atoms. The second-order valence-electron chi connectivity index (χ2n) is 5.41. The van der Waals surface area contributed by atoms with Gasteiger partial charge < -0.3 is 10.2 Å². The third-order valence-corrected chi connectivity index (χ3v) is 4.07. The number of likely N-dealkylation sites (tertiary alicyclic amines) is 1. The minimum Gasteiger partial charge on any atom is -0.374 e. The smallest absolute Gasteiger partial charge is 0.244 e. The molecule has 1 aliphatic heterocycles. The number of amides is 1. The highest BCUT2D eigenvalue weighted by Crippen LogP contribution is 2.21. The maximum Gasteiger partial charge on any atom is 0.244 e. The molecule has 5 heteroatoms. The van der Waals surface area contributed by atoms with Crippen molar-refractivity contribution in [1.29, 1.82) is 5.26 Å². The van der Waals surface area contributed by atoms with Gasteiger partial charge in [0.25, 0.3) is 0 Å². The van der Waals surface area contributed by atoms with E-state index >= 15 is 0 Å². The predicted octanol–water partition coefficient (Wildman–Crippen LogP) is 3.41. The highest BCUT2D eigenvalue weighted by atomic mass is 35.5. The van der Waals surface area contributed by atoms with Crippen LogP contribution in [0.25, 0.3) is 0 Å². The molecule has 0 spiro atoms.